The van der Waals surface area contributed by atoms with Crippen LogP contribution in [0.15, 0.2) is 4.79 Å². The second-order valence-electron chi connectivity index (χ2n) is 5.60. The van der Waals surface area contributed by atoms with Crippen molar-refractivity contribution in [3.8, 4) is 6.01 Å². The van der Waals surface area contributed by atoms with Crippen molar-refractivity contribution in [3.63, 3.8) is 0 Å². The fraction of sp³-hybridized carbons (Fsp3) is 0.667. The van der Waals surface area contributed by atoms with Crippen molar-refractivity contribution in [2.45, 2.75) is 65.5 Å². The van der Waals surface area contributed by atoms with Crippen molar-refractivity contribution in [1.29, 1.82) is 0 Å². The molecule has 0 aromatic carbocycles. The highest BCUT2D eigenvalue weighted by Gasteiger charge is 2.15. The standard InChI is InChI=1S/C15H25N5O2/c1-4-6-7-9-20-13-11(17-15(20)21)12(16)18-14(19-13)22-10(3)8-5-2/h10H,4-9H2,1-3H3,(H,17,21)(H2,16,18,19). The Morgan fingerprint density at radius 3 is 2.73 bits per heavy atom. The van der Waals surface area contributed by atoms with E-state index in [1.807, 2.05) is 6.92 Å². The zero-order chi connectivity index (χ0) is 16.1. The molecule has 7 heteroatoms. The van der Waals surface area contributed by atoms with Gasteiger partial charge in [0.25, 0.3) is 0 Å². The van der Waals surface area contributed by atoms with Gasteiger partial charge in [-0.2, -0.15) is 9.97 Å². The molecule has 0 aliphatic heterocycles. The van der Waals surface area contributed by atoms with Crippen LogP contribution in [0.5, 0.6) is 6.01 Å². The van der Waals surface area contributed by atoms with Gasteiger partial charge in [-0.05, 0) is 19.8 Å². The van der Waals surface area contributed by atoms with Gasteiger partial charge < -0.3 is 15.5 Å². The summed E-state index contributed by atoms with van der Waals surface area (Å²) in [6, 6.07) is 0.231. The number of nitrogens with one attached hydrogen (secondary N) is 1. The van der Waals surface area contributed by atoms with Crippen molar-refractivity contribution >= 4 is 17.0 Å². The quantitative estimate of drug-likeness (QED) is 0.730. The number of hydrogen-bond acceptors (Lipinski definition) is 5. The highest BCUT2D eigenvalue weighted by Crippen LogP contribution is 2.19. The minimum absolute atomic E-state index is 0.0149. The molecule has 2 aromatic rings. The Balaban J connectivity index is 2.33. The van der Waals surface area contributed by atoms with Gasteiger partial charge in [0.15, 0.2) is 11.5 Å². The van der Waals surface area contributed by atoms with E-state index >= 15 is 0 Å². The average Bonchev–Trinajstić information content (AvgIpc) is 2.77. The molecule has 22 heavy (non-hydrogen) atoms. The van der Waals surface area contributed by atoms with E-state index in [2.05, 4.69) is 28.8 Å². The minimum atomic E-state index is -0.203. The number of ether oxygens (including phenoxy) is 1. The molecule has 122 valence electrons. The lowest BCUT2D eigenvalue weighted by Gasteiger charge is -2.12. The predicted octanol–water partition coefficient (Wildman–Crippen LogP) is 2.46. The number of hydrogen-bond donors (Lipinski definition) is 2. The Morgan fingerprint density at radius 2 is 2.05 bits per heavy atom. The summed E-state index contributed by atoms with van der Waals surface area (Å²) < 4.78 is 7.31. The van der Waals surface area contributed by atoms with Gasteiger partial charge in [0.1, 0.15) is 5.52 Å². The second kappa shape index (κ2) is 7.29. The third-order valence-corrected chi connectivity index (χ3v) is 3.62. The maximum atomic E-state index is 12.1. The van der Waals surface area contributed by atoms with E-state index in [1.54, 1.807) is 4.57 Å². The van der Waals surface area contributed by atoms with Crippen LogP contribution in [0.25, 0.3) is 11.2 Å². The van der Waals surface area contributed by atoms with Gasteiger partial charge in [0.2, 0.25) is 0 Å². The molecule has 0 aliphatic carbocycles. The number of nitrogen functional groups attached to an aromatic ring is 1. The summed E-state index contributed by atoms with van der Waals surface area (Å²) in [6.07, 6.45) is 5.03. The molecule has 2 heterocycles. The highest BCUT2D eigenvalue weighted by atomic mass is 16.5. The first-order valence-electron chi connectivity index (χ1n) is 7.99. The molecule has 2 aromatic heterocycles. The lowest BCUT2D eigenvalue weighted by Crippen LogP contribution is -2.17. The van der Waals surface area contributed by atoms with E-state index in [0.29, 0.717) is 17.7 Å². The van der Waals surface area contributed by atoms with Crippen LogP contribution in [0, 0.1) is 0 Å². The normalized spacial score (nSPS) is 12.7. The first-order chi connectivity index (χ1) is 10.6. The summed E-state index contributed by atoms with van der Waals surface area (Å²) in [5.74, 6) is 0.245. The SMILES string of the molecule is CCCCCn1c(=O)[nH]c2c(N)nc(OC(C)CCC)nc21. The average molecular weight is 307 g/mol. The summed E-state index contributed by atoms with van der Waals surface area (Å²) >= 11 is 0. The van der Waals surface area contributed by atoms with Crippen LogP contribution in [0.4, 0.5) is 5.82 Å². The van der Waals surface area contributed by atoms with Crippen molar-refractivity contribution < 1.29 is 4.74 Å². The summed E-state index contributed by atoms with van der Waals surface area (Å²) in [7, 11) is 0. The molecule has 0 radical (unpaired) electrons. The molecule has 0 aliphatic rings. The van der Waals surface area contributed by atoms with E-state index in [1.165, 1.54) is 0 Å². The van der Waals surface area contributed by atoms with Gasteiger partial charge >= 0.3 is 11.7 Å². The molecule has 7 nitrogen and oxygen atoms in total. The fourth-order valence-corrected chi connectivity index (χ4v) is 2.46. The number of rotatable bonds is 8. The number of nitrogens with two attached hydrogens (primary N) is 1. The summed E-state index contributed by atoms with van der Waals surface area (Å²) in [4.78, 5) is 23.3. The van der Waals surface area contributed by atoms with Crippen molar-refractivity contribution in [1.82, 2.24) is 19.5 Å². The molecule has 0 saturated carbocycles. The van der Waals surface area contributed by atoms with Crippen LogP contribution in [0.2, 0.25) is 0 Å². The second-order valence-corrected chi connectivity index (χ2v) is 5.60. The van der Waals surface area contributed by atoms with E-state index in [0.717, 1.165) is 32.1 Å². The minimum Gasteiger partial charge on any atom is -0.460 e. The van der Waals surface area contributed by atoms with Crippen LogP contribution < -0.4 is 16.2 Å². The fourth-order valence-electron chi connectivity index (χ4n) is 2.46. The number of aromatic nitrogens is 4. The third kappa shape index (κ3) is 3.58. The predicted molar refractivity (Wildman–Crippen MR) is 87.1 cm³/mol. The van der Waals surface area contributed by atoms with Crippen molar-refractivity contribution in [3.05, 3.63) is 10.5 Å². The van der Waals surface area contributed by atoms with Gasteiger partial charge in [-0.25, -0.2) is 4.79 Å². The Labute approximate surface area is 129 Å². The highest BCUT2D eigenvalue weighted by molar-refractivity contribution is 5.81. The molecular weight excluding hydrogens is 282 g/mol. The molecule has 0 saturated heterocycles. The van der Waals surface area contributed by atoms with Gasteiger partial charge in [-0.1, -0.05) is 33.1 Å². The van der Waals surface area contributed by atoms with Crippen LogP contribution in [-0.4, -0.2) is 25.6 Å². The first kappa shape index (κ1) is 16.3. The molecule has 3 N–H and O–H groups in total. The number of aromatic amines is 1. The zero-order valence-electron chi connectivity index (χ0n) is 13.6. The largest absolute Gasteiger partial charge is 0.460 e. The number of imidazole rings is 1. The molecular formula is C15H25N5O2. The van der Waals surface area contributed by atoms with E-state index < -0.39 is 0 Å². The van der Waals surface area contributed by atoms with Crippen molar-refractivity contribution in [2.75, 3.05) is 5.73 Å². The van der Waals surface area contributed by atoms with Crippen LogP contribution in [0.1, 0.15) is 52.9 Å². The molecule has 0 spiro atoms. The molecule has 0 bridgehead atoms. The van der Waals surface area contributed by atoms with Gasteiger partial charge in [-0.15, -0.1) is 0 Å². The van der Waals surface area contributed by atoms with Crippen LogP contribution >= 0.6 is 0 Å². The summed E-state index contributed by atoms with van der Waals surface area (Å²) in [5.41, 5.74) is 6.73. The molecule has 0 amide bonds. The number of aryl methyl sites for hydroxylation is 1. The topological polar surface area (TPSA) is 98.8 Å². The number of nitrogens with zero attached hydrogens (tertiary/aromatic N) is 3. The maximum Gasteiger partial charge on any atom is 0.327 e. The van der Waals surface area contributed by atoms with E-state index in [9.17, 15) is 4.79 Å². The Bertz CT molecular complexity index is 676. The monoisotopic (exact) mass is 307 g/mol. The third-order valence-electron chi connectivity index (χ3n) is 3.62. The molecule has 1 unspecified atom stereocenters. The Hall–Kier alpha value is -2.05. The number of unbranched alkanes of at least 4 members (excludes halogenated alkanes) is 2. The van der Waals surface area contributed by atoms with E-state index in [-0.39, 0.29) is 23.6 Å². The molecule has 1 atom stereocenters. The summed E-state index contributed by atoms with van der Waals surface area (Å²) in [5, 5.41) is 0. The zero-order valence-corrected chi connectivity index (χ0v) is 13.6. The maximum absolute atomic E-state index is 12.1. The number of anilines is 1. The Morgan fingerprint density at radius 1 is 1.27 bits per heavy atom. The smallest absolute Gasteiger partial charge is 0.327 e. The van der Waals surface area contributed by atoms with Gasteiger partial charge in [-0.3, -0.25) is 4.57 Å². The number of H-pyrrole nitrogens is 1. The van der Waals surface area contributed by atoms with Crippen LogP contribution in [-0.2, 0) is 6.54 Å². The first-order valence-corrected chi connectivity index (χ1v) is 7.99. The lowest BCUT2D eigenvalue weighted by atomic mass is 10.2. The van der Waals surface area contributed by atoms with E-state index in [4.69, 9.17) is 10.5 Å². The molecule has 0 fully saturated rings. The lowest BCUT2D eigenvalue weighted by molar-refractivity contribution is 0.193. The number of fused-ring (bicyclic) bond motifs is 1. The summed E-state index contributed by atoms with van der Waals surface area (Å²) in [6.45, 7) is 6.81. The Kier molecular flexibility index (Phi) is 5.41. The molecule has 2 rings (SSSR count). The van der Waals surface area contributed by atoms with Gasteiger partial charge in [0.05, 0.1) is 6.10 Å². The van der Waals surface area contributed by atoms with Crippen molar-refractivity contribution in [2.24, 2.45) is 0 Å². The van der Waals surface area contributed by atoms with Gasteiger partial charge in [0, 0.05) is 6.54 Å². The van der Waals surface area contributed by atoms with Crippen LogP contribution in [0.3, 0.4) is 0 Å².